The van der Waals surface area contributed by atoms with Gasteiger partial charge in [-0.3, -0.25) is 0 Å². The van der Waals surface area contributed by atoms with E-state index in [1.807, 2.05) is 6.07 Å². The van der Waals surface area contributed by atoms with Crippen LogP contribution in [0.1, 0.15) is 64.6 Å². The van der Waals surface area contributed by atoms with Crippen LogP contribution in [0.5, 0.6) is 0 Å². The molecule has 0 aliphatic heterocycles. The van der Waals surface area contributed by atoms with Crippen molar-refractivity contribution >= 4 is 5.57 Å². The third-order valence-corrected chi connectivity index (χ3v) is 3.70. The lowest BCUT2D eigenvalue weighted by molar-refractivity contribution is 0.553. The molecule has 1 heterocycles. The summed E-state index contributed by atoms with van der Waals surface area (Å²) in [6.45, 7) is 4.53. The topological polar surface area (TPSA) is 13.1 Å². The summed E-state index contributed by atoms with van der Waals surface area (Å²) in [6.07, 6.45) is 12.9. The minimum Gasteiger partial charge on any atom is -0.464 e. The normalized spacial score (nSPS) is 15.3. The SMILES string of the molecule is CCCCC1=C(CCCC)C(c2ccco2)=CC1. The second kappa shape index (κ2) is 6.63. The van der Waals surface area contributed by atoms with Gasteiger partial charge in [-0.05, 0) is 49.8 Å². The summed E-state index contributed by atoms with van der Waals surface area (Å²) in [5, 5.41) is 0. The first-order chi connectivity index (χ1) is 8.86. The van der Waals surface area contributed by atoms with Crippen LogP contribution in [0.4, 0.5) is 0 Å². The van der Waals surface area contributed by atoms with Crippen molar-refractivity contribution in [1.29, 1.82) is 0 Å². The maximum absolute atomic E-state index is 5.58. The van der Waals surface area contributed by atoms with Crippen LogP contribution in [0, 0.1) is 0 Å². The van der Waals surface area contributed by atoms with Gasteiger partial charge in [-0.25, -0.2) is 0 Å². The van der Waals surface area contributed by atoms with Gasteiger partial charge in [0.2, 0.25) is 0 Å². The van der Waals surface area contributed by atoms with Crippen molar-refractivity contribution in [3.05, 3.63) is 41.4 Å². The molecule has 1 heteroatoms. The summed E-state index contributed by atoms with van der Waals surface area (Å²) in [4.78, 5) is 0. The van der Waals surface area contributed by atoms with E-state index in [9.17, 15) is 0 Å². The average molecular weight is 244 g/mol. The highest BCUT2D eigenvalue weighted by molar-refractivity contribution is 5.80. The smallest absolute Gasteiger partial charge is 0.133 e. The Morgan fingerprint density at radius 3 is 2.56 bits per heavy atom. The fraction of sp³-hybridized carbons (Fsp3) is 0.529. The van der Waals surface area contributed by atoms with Crippen molar-refractivity contribution in [2.24, 2.45) is 0 Å². The second-order valence-corrected chi connectivity index (χ2v) is 5.09. The molecule has 1 aromatic rings. The van der Waals surface area contributed by atoms with E-state index in [-0.39, 0.29) is 0 Å². The van der Waals surface area contributed by atoms with Gasteiger partial charge in [0, 0.05) is 5.57 Å². The maximum atomic E-state index is 5.58. The predicted molar refractivity (Wildman–Crippen MR) is 77.4 cm³/mol. The molecule has 0 saturated carbocycles. The van der Waals surface area contributed by atoms with Crippen molar-refractivity contribution in [1.82, 2.24) is 0 Å². The third kappa shape index (κ3) is 2.95. The Bertz CT molecular complexity index is 420. The molecule has 18 heavy (non-hydrogen) atoms. The molecular weight excluding hydrogens is 220 g/mol. The molecule has 1 aromatic heterocycles. The Hall–Kier alpha value is -1.24. The van der Waals surface area contributed by atoms with Crippen molar-refractivity contribution in [3.8, 4) is 0 Å². The van der Waals surface area contributed by atoms with Gasteiger partial charge in [-0.2, -0.15) is 0 Å². The van der Waals surface area contributed by atoms with Crippen LogP contribution in [-0.2, 0) is 0 Å². The Balaban J connectivity index is 2.16. The molecule has 2 rings (SSSR count). The van der Waals surface area contributed by atoms with Crippen molar-refractivity contribution < 1.29 is 4.42 Å². The van der Waals surface area contributed by atoms with E-state index in [4.69, 9.17) is 4.42 Å². The van der Waals surface area contributed by atoms with Gasteiger partial charge in [0.15, 0.2) is 0 Å². The Morgan fingerprint density at radius 1 is 1.11 bits per heavy atom. The zero-order valence-electron chi connectivity index (χ0n) is 11.7. The number of furan rings is 1. The molecule has 0 spiro atoms. The first kappa shape index (κ1) is 13.2. The lowest BCUT2D eigenvalue weighted by atomic mass is 9.96. The first-order valence-corrected chi connectivity index (χ1v) is 7.32. The Labute approximate surface area is 111 Å². The van der Waals surface area contributed by atoms with Crippen molar-refractivity contribution in [2.75, 3.05) is 0 Å². The van der Waals surface area contributed by atoms with Crippen LogP contribution in [0.25, 0.3) is 5.57 Å². The molecule has 0 saturated heterocycles. The Morgan fingerprint density at radius 2 is 1.89 bits per heavy atom. The maximum Gasteiger partial charge on any atom is 0.133 e. The van der Waals surface area contributed by atoms with Crippen LogP contribution in [0.3, 0.4) is 0 Å². The molecule has 0 unspecified atom stereocenters. The molecule has 0 aromatic carbocycles. The minimum absolute atomic E-state index is 1.05. The van der Waals surface area contributed by atoms with E-state index in [1.54, 1.807) is 17.4 Å². The van der Waals surface area contributed by atoms with E-state index < -0.39 is 0 Å². The quantitative estimate of drug-likeness (QED) is 0.595. The van der Waals surface area contributed by atoms with E-state index in [1.165, 1.54) is 44.1 Å². The molecule has 1 aliphatic carbocycles. The summed E-state index contributed by atoms with van der Waals surface area (Å²) in [5.74, 6) is 1.05. The number of unbranched alkanes of at least 4 members (excludes halogenated alkanes) is 2. The molecule has 0 fully saturated rings. The molecule has 1 nitrogen and oxygen atoms in total. The molecule has 0 bridgehead atoms. The van der Waals surface area contributed by atoms with Crippen LogP contribution in [0.2, 0.25) is 0 Å². The van der Waals surface area contributed by atoms with Crippen molar-refractivity contribution in [2.45, 2.75) is 58.8 Å². The first-order valence-electron chi connectivity index (χ1n) is 7.32. The number of allylic oxidation sites excluding steroid dienone is 4. The van der Waals surface area contributed by atoms with Crippen LogP contribution >= 0.6 is 0 Å². The lowest BCUT2D eigenvalue weighted by Gasteiger charge is -2.10. The van der Waals surface area contributed by atoms with Crippen LogP contribution < -0.4 is 0 Å². The number of hydrogen-bond donors (Lipinski definition) is 0. The summed E-state index contributed by atoms with van der Waals surface area (Å²) in [7, 11) is 0. The second-order valence-electron chi connectivity index (χ2n) is 5.09. The molecule has 0 amide bonds. The third-order valence-electron chi connectivity index (χ3n) is 3.70. The molecular formula is C17H24O. The molecule has 0 atom stereocenters. The van der Waals surface area contributed by atoms with Gasteiger partial charge in [0.05, 0.1) is 6.26 Å². The van der Waals surface area contributed by atoms with Gasteiger partial charge in [-0.15, -0.1) is 0 Å². The summed E-state index contributed by atoms with van der Waals surface area (Å²) in [6, 6.07) is 4.07. The average Bonchev–Trinajstić information content (AvgIpc) is 3.02. The molecule has 0 radical (unpaired) electrons. The fourth-order valence-electron chi connectivity index (χ4n) is 2.65. The minimum atomic E-state index is 1.05. The van der Waals surface area contributed by atoms with Gasteiger partial charge in [0.1, 0.15) is 5.76 Å². The largest absolute Gasteiger partial charge is 0.464 e. The zero-order valence-corrected chi connectivity index (χ0v) is 11.7. The van der Waals surface area contributed by atoms with E-state index in [0.29, 0.717) is 0 Å². The highest BCUT2D eigenvalue weighted by Gasteiger charge is 2.19. The summed E-state index contributed by atoms with van der Waals surface area (Å²) < 4.78 is 5.58. The number of rotatable bonds is 7. The van der Waals surface area contributed by atoms with Gasteiger partial charge in [0.25, 0.3) is 0 Å². The van der Waals surface area contributed by atoms with Gasteiger partial charge < -0.3 is 4.42 Å². The standard InChI is InChI=1S/C17H24O/c1-3-5-8-14-11-12-16(15(14)9-6-4-2)17-10-7-13-18-17/h7,10,12-13H,3-6,8-9,11H2,1-2H3. The number of hydrogen-bond acceptors (Lipinski definition) is 1. The highest BCUT2D eigenvalue weighted by Crippen LogP contribution is 2.38. The Kier molecular flexibility index (Phi) is 4.86. The monoisotopic (exact) mass is 244 g/mol. The van der Waals surface area contributed by atoms with Crippen molar-refractivity contribution in [3.63, 3.8) is 0 Å². The highest BCUT2D eigenvalue weighted by atomic mass is 16.3. The molecule has 0 N–H and O–H groups in total. The van der Waals surface area contributed by atoms with Crippen LogP contribution in [-0.4, -0.2) is 0 Å². The summed E-state index contributed by atoms with van der Waals surface area (Å²) in [5.41, 5.74) is 4.58. The van der Waals surface area contributed by atoms with E-state index in [2.05, 4.69) is 26.0 Å². The zero-order chi connectivity index (χ0) is 12.8. The summed E-state index contributed by atoms with van der Waals surface area (Å²) >= 11 is 0. The van der Waals surface area contributed by atoms with Crippen LogP contribution in [0.15, 0.2) is 40.0 Å². The van der Waals surface area contributed by atoms with E-state index >= 15 is 0 Å². The van der Waals surface area contributed by atoms with E-state index in [0.717, 1.165) is 12.2 Å². The van der Waals surface area contributed by atoms with Gasteiger partial charge in [-0.1, -0.05) is 38.3 Å². The fourth-order valence-corrected chi connectivity index (χ4v) is 2.65. The van der Waals surface area contributed by atoms with Gasteiger partial charge >= 0.3 is 0 Å². The predicted octanol–water partition coefficient (Wildman–Crippen LogP) is 5.74. The lowest BCUT2D eigenvalue weighted by Crippen LogP contribution is -1.91. The molecule has 1 aliphatic rings. The molecule has 98 valence electrons.